The van der Waals surface area contributed by atoms with Gasteiger partial charge in [-0.05, 0) is 30.5 Å². The normalized spacial score (nSPS) is 20.3. The predicted octanol–water partition coefficient (Wildman–Crippen LogP) is 3.93. The molecule has 0 aromatic heterocycles. The maximum absolute atomic E-state index is 8.79. The minimum absolute atomic E-state index is 0.0987. The first-order valence-electron chi connectivity index (χ1n) is 9.47. The van der Waals surface area contributed by atoms with E-state index in [0.29, 0.717) is 6.61 Å². The third-order valence-corrected chi connectivity index (χ3v) is 5.00. The van der Waals surface area contributed by atoms with Crippen molar-refractivity contribution in [3.8, 4) is 5.75 Å². The molecule has 1 aromatic carbocycles. The Morgan fingerprint density at radius 2 is 1.80 bits per heavy atom. The van der Waals surface area contributed by atoms with Crippen molar-refractivity contribution in [1.29, 1.82) is 0 Å². The van der Waals surface area contributed by atoms with E-state index in [1.807, 2.05) is 0 Å². The van der Waals surface area contributed by atoms with Gasteiger partial charge in [-0.2, -0.15) is 0 Å². The van der Waals surface area contributed by atoms with Crippen LogP contribution in [0, 0.1) is 0 Å². The van der Waals surface area contributed by atoms with Crippen LogP contribution in [0.2, 0.25) is 0 Å². The van der Waals surface area contributed by atoms with Gasteiger partial charge in [0, 0.05) is 19.0 Å². The summed E-state index contributed by atoms with van der Waals surface area (Å²) in [6.45, 7) is 3.30. The average Bonchev–Trinajstić information content (AvgIpc) is 3.05. The van der Waals surface area contributed by atoms with E-state index >= 15 is 0 Å². The lowest BCUT2D eigenvalue weighted by Gasteiger charge is -2.14. The van der Waals surface area contributed by atoms with Gasteiger partial charge < -0.3 is 24.4 Å². The van der Waals surface area contributed by atoms with E-state index in [9.17, 15) is 0 Å². The van der Waals surface area contributed by atoms with Crippen LogP contribution < -0.4 is 10.1 Å². The fraction of sp³-hybridized carbons (Fsp3) is 0.684. The van der Waals surface area contributed by atoms with Gasteiger partial charge in [0.2, 0.25) is 0 Å². The van der Waals surface area contributed by atoms with Crippen LogP contribution in [0.3, 0.4) is 0 Å². The highest BCUT2D eigenvalue weighted by Gasteiger charge is 2.26. The molecule has 6 heteroatoms. The lowest BCUT2D eigenvalue weighted by Crippen LogP contribution is -2.26. The minimum atomic E-state index is -2.27. The molecule has 142 valence electrons. The molecule has 5 nitrogen and oxygen atoms in total. The van der Waals surface area contributed by atoms with Crippen LogP contribution in [0.25, 0.3) is 0 Å². The van der Waals surface area contributed by atoms with E-state index < -0.39 is 8.60 Å². The number of benzene rings is 1. The zero-order valence-corrected chi connectivity index (χ0v) is 16.1. The highest BCUT2D eigenvalue weighted by atomic mass is 31.2. The number of hydrogen-bond donors (Lipinski definition) is 3. The first kappa shape index (κ1) is 20.6. The van der Waals surface area contributed by atoms with E-state index in [1.54, 1.807) is 0 Å². The molecule has 2 unspecified atom stereocenters. The second-order valence-corrected chi connectivity index (χ2v) is 7.55. The first-order valence-corrected chi connectivity index (χ1v) is 10.6. The average molecular weight is 369 g/mol. The molecule has 3 N–H and O–H groups in total. The van der Waals surface area contributed by atoms with Crippen molar-refractivity contribution in [1.82, 2.24) is 5.32 Å². The zero-order valence-electron chi connectivity index (χ0n) is 15.2. The maximum atomic E-state index is 8.79. The topological polar surface area (TPSA) is 71.0 Å². The molecular formula is C19H32NO4P. The van der Waals surface area contributed by atoms with Crippen LogP contribution in [0.1, 0.15) is 57.4 Å². The van der Waals surface area contributed by atoms with Crippen LogP contribution in [-0.4, -0.2) is 35.1 Å². The van der Waals surface area contributed by atoms with Crippen molar-refractivity contribution in [2.45, 2.75) is 70.4 Å². The summed E-state index contributed by atoms with van der Waals surface area (Å²) in [7, 11) is -2.27. The molecule has 1 fully saturated rings. The van der Waals surface area contributed by atoms with Crippen molar-refractivity contribution in [3.05, 3.63) is 29.8 Å². The van der Waals surface area contributed by atoms with E-state index in [2.05, 4.69) is 36.5 Å². The van der Waals surface area contributed by atoms with Gasteiger partial charge in [0.15, 0.2) is 0 Å². The Morgan fingerprint density at radius 1 is 1.08 bits per heavy atom. The van der Waals surface area contributed by atoms with Crippen LogP contribution in [0.5, 0.6) is 5.75 Å². The molecule has 0 spiro atoms. The maximum Gasteiger partial charge on any atom is 0.327 e. The summed E-state index contributed by atoms with van der Waals surface area (Å²) in [4.78, 5) is 17.6. The van der Waals surface area contributed by atoms with Crippen LogP contribution in [0.15, 0.2) is 24.3 Å². The largest absolute Gasteiger partial charge is 0.489 e. The van der Waals surface area contributed by atoms with Gasteiger partial charge >= 0.3 is 8.60 Å². The van der Waals surface area contributed by atoms with Crippen molar-refractivity contribution in [3.63, 3.8) is 0 Å². The van der Waals surface area contributed by atoms with E-state index in [4.69, 9.17) is 19.0 Å². The molecule has 0 saturated carbocycles. The standard InChI is InChI=1S/C19H32NO4P/c1-2-3-4-5-6-7-8-16-9-11-18(12-10-16)24-19-13-17(20-14-19)15-23-25(21)22/h9-12,17,19-22H,2-8,13-15H2,1H3. The summed E-state index contributed by atoms with van der Waals surface area (Å²) in [5, 5.41) is 3.28. The number of nitrogens with one attached hydrogen (secondary N) is 1. The lowest BCUT2D eigenvalue weighted by molar-refractivity contribution is 0.202. The third-order valence-electron chi connectivity index (χ3n) is 4.62. The van der Waals surface area contributed by atoms with Gasteiger partial charge in [0.05, 0.1) is 6.61 Å². The molecule has 1 heterocycles. The van der Waals surface area contributed by atoms with Gasteiger partial charge in [-0.3, -0.25) is 0 Å². The Hall–Kier alpha value is -0.710. The number of aryl methyl sites for hydroxylation is 1. The summed E-state index contributed by atoms with van der Waals surface area (Å²) >= 11 is 0. The monoisotopic (exact) mass is 369 g/mol. The van der Waals surface area contributed by atoms with Gasteiger partial charge in [0.1, 0.15) is 11.9 Å². The summed E-state index contributed by atoms with van der Waals surface area (Å²) in [6, 6.07) is 8.54. The van der Waals surface area contributed by atoms with Crippen molar-refractivity contribution in [2.75, 3.05) is 13.2 Å². The third kappa shape index (κ3) is 8.48. The SMILES string of the molecule is CCCCCCCCc1ccc(OC2CNC(COP(O)O)C2)cc1. The molecule has 0 aliphatic carbocycles. The van der Waals surface area contributed by atoms with Crippen LogP contribution in [-0.2, 0) is 10.9 Å². The van der Waals surface area contributed by atoms with Crippen molar-refractivity contribution >= 4 is 8.60 Å². The molecule has 0 amide bonds. The second-order valence-electron chi connectivity index (χ2n) is 6.79. The predicted molar refractivity (Wildman–Crippen MR) is 102 cm³/mol. The first-order chi connectivity index (χ1) is 12.2. The van der Waals surface area contributed by atoms with Gasteiger partial charge in [-0.15, -0.1) is 0 Å². The molecule has 2 rings (SSSR count). The van der Waals surface area contributed by atoms with E-state index in [0.717, 1.165) is 25.1 Å². The molecule has 0 radical (unpaired) electrons. The van der Waals surface area contributed by atoms with Gasteiger partial charge in [-0.1, -0.05) is 51.2 Å². The highest BCUT2D eigenvalue weighted by Crippen LogP contribution is 2.26. The number of unbranched alkanes of at least 4 members (excludes halogenated alkanes) is 5. The van der Waals surface area contributed by atoms with E-state index in [1.165, 1.54) is 44.1 Å². The Bertz CT molecular complexity index is 469. The van der Waals surface area contributed by atoms with Crippen molar-refractivity contribution < 1.29 is 19.0 Å². The van der Waals surface area contributed by atoms with Crippen LogP contribution >= 0.6 is 8.60 Å². The second kappa shape index (κ2) is 11.8. The number of rotatable bonds is 12. The Kier molecular flexibility index (Phi) is 9.74. The lowest BCUT2D eigenvalue weighted by atomic mass is 10.0. The molecule has 2 atom stereocenters. The summed E-state index contributed by atoms with van der Waals surface area (Å²) in [5.74, 6) is 0.895. The Labute approximate surface area is 152 Å². The number of ether oxygens (including phenoxy) is 1. The highest BCUT2D eigenvalue weighted by molar-refractivity contribution is 7.39. The molecular weight excluding hydrogens is 337 g/mol. The van der Waals surface area contributed by atoms with Gasteiger partial charge in [0.25, 0.3) is 0 Å². The molecule has 25 heavy (non-hydrogen) atoms. The summed E-state index contributed by atoms with van der Waals surface area (Å²) in [5.41, 5.74) is 1.37. The van der Waals surface area contributed by atoms with Gasteiger partial charge in [-0.25, -0.2) is 0 Å². The Balaban J connectivity index is 1.63. The van der Waals surface area contributed by atoms with Crippen LogP contribution in [0.4, 0.5) is 0 Å². The molecule has 0 bridgehead atoms. The molecule has 1 aromatic rings. The quantitative estimate of drug-likeness (QED) is 0.385. The zero-order chi connectivity index (χ0) is 17.9. The fourth-order valence-electron chi connectivity index (χ4n) is 3.19. The Morgan fingerprint density at radius 3 is 2.52 bits per heavy atom. The molecule has 1 saturated heterocycles. The molecule has 1 aliphatic rings. The van der Waals surface area contributed by atoms with Crippen molar-refractivity contribution in [2.24, 2.45) is 0 Å². The smallest absolute Gasteiger partial charge is 0.327 e. The minimum Gasteiger partial charge on any atom is -0.489 e. The number of hydrogen-bond acceptors (Lipinski definition) is 5. The molecule has 1 aliphatic heterocycles. The summed E-state index contributed by atoms with van der Waals surface area (Å²) in [6.07, 6.45) is 10.0. The summed E-state index contributed by atoms with van der Waals surface area (Å²) < 4.78 is 10.9. The van der Waals surface area contributed by atoms with E-state index in [-0.39, 0.29) is 12.1 Å². The fourth-order valence-corrected chi connectivity index (χ4v) is 3.51.